The topological polar surface area (TPSA) is 35.0 Å². The Hall–Kier alpha value is -1.97. The van der Waals surface area contributed by atoms with Gasteiger partial charge in [-0.1, -0.05) is 58.4 Å². The lowest BCUT2D eigenvalue weighted by Crippen LogP contribution is -2.15. The first-order valence-electron chi connectivity index (χ1n) is 10.9. The van der Waals surface area contributed by atoms with Crippen molar-refractivity contribution < 1.29 is 9.13 Å². The van der Waals surface area contributed by atoms with Crippen molar-refractivity contribution in [2.75, 3.05) is 6.61 Å². The van der Waals surface area contributed by atoms with Crippen molar-refractivity contribution >= 4 is 0 Å². The molecule has 2 aromatic rings. The normalized spacial score (nSPS) is 19.5. The van der Waals surface area contributed by atoms with Gasteiger partial charge in [0.1, 0.15) is 5.82 Å². The van der Waals surface area contributed by atoms with Crippen LogP contribution in [0.15, 0.2) is 30.3 Å². The predicted octanol–water partition coefficient (Wildman–Crippen LogP) is 6.61. The fourth-order valence-corrected chi connectivity index (χ4v) is 4.26. The van der Waals surface area contributed by atoms with Gasteiger partial charge < -0.3 is 4.74 Å². The van der Waals surface area contributed by atoms with E-state index in [4.69, 9.17) is 4.74 Å². The van der Waals surface area contributed by atoms with Gasteiger partial charge in [0, 0.05) is 11.6 Å². The van der Waals surface area contributed by atoms with Gasteiger partial charge in [-0.05, 0) is 54.9 Å². The van der Waals surface area contributed by atoms with Crippen LogP contribution in [0.3, 0.4) is 0 Å². The largest absolute Gasteiger partial charge is 0.477 e. The van der Waals surface area contributed by atoms with Gasteiger partial charge in [-0.15, -0.1) is 10.2 Å². The van der Waals surface area contributed by atoms with Gasteiger partial charge in [-0.25, -0.2) is 4.39 Å². The van der Waals surface area contributed by atoms with Crippen LogP contribution in [-0.2, 0) is 6.42 Å². The van der Waals surface area contributed by atoms with Gasteiger partial charge in [0.25, 0.3) is 0 Å². The van der Waals surface area contributed by atoms with E-state index in [9.17, 15) is 4.39 Å². The molecule has 4 heteroatoms. The Morgan fingerprint density at radius 2 is 1.68 bits per heavy atom. The molecule has 1 saturated carbocycles. The summed E-state index contributed by atoms with van der Waals surface area (Å²) in [5.41, 5.74) is 2.12. The van der Waals surface area contributed by atoms with E-state index >= 15 is 0 Å². The number of hydrogen-bond acceptors (Lipinski definition) is 3. The molecule has 3 rings (SSSR count). The van der Waals surface area contributed by atoms with E-state index in [0.717, 1.165) is 30.2 Å². The van der Waals surface area contributed by atoms with Crippen LogP contribution >= 0.6 is 0 Å². The summed E-state index contributed by atoms with van der Waals surface area (Å²) in [6.07, 6.45) is 11.2. The van der Waals surface area contributed by atoms with E-state index in [-0.39, 0.29) is 5.82 Å². The van der Waals surface area contributed by atoms with Crippen molar-refractivity contribution in [2.45, 2.75) is 71.6 Å². The first kappa shape index (κ1) is 20.8. The number of benzene rings is 1. The molecule has 0 saturated heterocycles. The van der Waals surface area contributed by atoms with E-state index < -0.39 is 0 Å². The molecule has 152 valence electrons. The smallest absolute Gasteiger partial charge is 0.233 e. The number of hydrogen-bond donors (Lipinski definition) is 0. The molecule has 1 aromatic carbocycles. The lowest BCUT2D eigenvalue weighted by atomic mass is 9.78. The highest BCUT2D eigenvalue weighted by atomic mass is 19.1. The quantitative estimate of drug-likeness (QED) is 0.488. The summed E-state index contributed by atoms with van der Waals surface area (Å²) in [5.74, 6) is 2.01. The van der Waals surface area contributed by atoms with E-state index in [1.807, 2.05) is 19.1 Å². The van der Waals surface area contributed by atoms with Gasteiger partial charge in [0.05, 0.1) is 12.3 Å². The van der Waals surface area contributed by atoms with Crippen LogP contribution in [0.2, 0.25) is 0 Å². The van der Waals surface area contributed by atoms with Crippen molar-refractivity contribution in [3.63, 3.8) is 0 Å². The lowest BCUT2D eigenvalue weighted by molar-refractivity contribution is 0.252. The third-order valence-corrected chi connectivity index (χ3v) is 5.91. The van der Waals surface area contributed by atoms with Gasteiger partial charge in [-0.2, -0.15) is 0 Å². The second-order valence-corrected chi connectivity index (χ2v) is 8.13. The Kier molecular flexibility index (Phi) is 7.81. The number of halogens is 1. The van der Waals surface area contributed by atoms with Crippen LogP contribution in [0.1, 0.15) is 70.8 Å². The minimum atomic E-state index is -0.222. The average Bonchev–Trinajstić information content (AvgIpc) is 2.72. The minimum Gasteiger partial charge on any atom is -0.477 e. The lowest BCUT2D eigenvalue weighted by Gasteiger charge is -2.28. The zero-order valence-corrected chi connectivity index (χ0v) is 17.3. The van der Waals surface area contributed by atoms with Crippen molar-refractivity contribution in [3.05, 3.63) is 41.7 Å². The molecule has 1 heterocycles. The van der Waals surface area contributed by atoms with Crippen LogP contribution in [-0.4, -0.2) is 16.8 Å². The van der Waals surface area contributed by atoms with Crippen LogP contribution in [0.4, 0.5) is 4.39 Å². The molecule has 0 spiro atoms. The number of aryl methyl sites for hydroxylation is 1. The number of ether oxygens (including phenoxy) is 1. The Labute approximate surface area is 168 Å². The van der Waals surface area contributed by atoms with Crippen molar-refractivity contribution in [1.29, 1.82) is 0 Å². The molecule has 0 amide bonds. The highest BCUT2D eigenvalue weighted by Gasteiger charge is 2.20. The van der Waals surface area contributed by atoms with Gasteiger partial charge in [-0.3, -0.25) is 0 Å². The van der Waals surface area contributed by atoms with Gasteiger partial charge in [0.15, 0.2) is 0 Å². The summed E-state index contributed by atoms with van der Waals surface area (Å²) in [4.78, 5) is 0. The summed E-state index contributed by atoms with van der Waals surface area (Å²) < 4.78 is 20.1. The van der Waals surface area contributed by atoms with E-state index in [0.29, 0.717) is 23.7 Å². The van der Waals surface area contributed by atoms with Crippen molar-refractivity contribution in [1.82, 2.24) is 10.2 Å². The SMILES string of the molecule is CCCOc1ccc(-c2ccc(CCC3CCC(CCC)CC3)cc2F)nn1. The Morgan fingerprint density at radius 3 is 2.29 bits per heavy atom. The third-order valence-electron chi connectivity index (χ3n) is 5.91. The van der Waals surface area contributed by atoms with Crippen molar-refractivity contribution in [3.8, 4) is 17.1 Å². The Balaban J connectivity index is 1.54. The second kappa shape index (κ2) is 10.5. The highest BCUT2D eigenvalue weighted by molar-refractivity contribution is 5.60. The molecule has 0 unspecified atom stereocenters. The molecule has 0 N–H and O–H groups in total. The summed E-state index contributed by atoms with van der Waals surface area (Å²) in [6, 6.07) is 9.05. The number of rotatable bonds is 9. The first-order valence-corrected chi connectivity index (χ1v) is 10.9. The molecule has 0 radical (unpaired) electrons. The molecule has 3 nitrogen and oxygen atoms in total. The van der Waals surface area contributed by atoms with Gasteiger partial charge >= 0.3 is 0 Å². The van der Waals surface area contributed by atoms with Crippen LogP contribution < -0.4 is 4.74 Å². The molecule has 1 aliphatic rings. The molecule has 1 aliphatic carbocycles. The molecule has 0 aliphatic heterocycles. The molecular weight excluding hydrogens is 351 g/mol. The Bertz CT molecular complexity index is 724. The third kappa shape index (κ3) is 5.76. The standard InChI is InChI=1S/C24H33FN2O/c1-3-5-18-6-8-19(9-7-18)10-11-20-12-13-21(22(25)17-20)23-14-15-24(27-26-23)28-16-4-2/h12-15,17-19H,3-11,16H2,1-2H3. The second-order valence-electron chi connectivity index (χ2n) is 8.13. The Morgan fingerprint density at radius 1 is 0.929 bits per heavy atom. The maximum atomic E-state index is 14.6. The van der Waals surface area contributed by atoms with Crippen LogP contribution in [0.25, 0.3) is 11.3 Å². The summed E-state index contributed by atoms with van der Waals surface area (Å²) in [7, 11) is 0. The van der Waals surface area contributed by atoms with Gasteiger partial charge in [0.2, 0.25) is 5.88 Å². The van der Waals surface area contributed by atoms with E-state index in [2.05, 4.69) is 17.1 Å². The molecule has 1 fully saturated rings. The summed E-state index contributed by atoms with van der Waals surface area (Å²) in [6.45, 7) is 4.93. The zero-order chi connectivity index (χ0) is 19.8. The average molecular weight is 385 g/mol. The van der Waals surface area contributed by atoms with Crippen LogP contribution in [0, 0.1) is 17.7 Å². The molecular formula is C24H33FN2O. The number of nitrogens with zero attached hydrogens (tertiary/aromatic N) is 2. The maximum Gasteiger partial charge on any atom is 0.233 e. The monoisotopic (exact) mass is 384 g/mol. The predicted molar refractivity (Wildman–Crippen MR) is 112 cm³/mol. The summed E-state index contributed by atoms with van der Waals surface area (Å²) in [5, 5.41) is 8.15. The highest BCUT2D eigenvalue weighted by Crippen LogP contribution is 2.34. The summed E-state index contributed by atoms with van der Waals surface area (Å²) >= 11 is 0. The molecule has 28 heavy (non-hydrogen) atoms. The maximum absolute atomic E-state index is 14.6. The fraction of sp³-hybridized carbons (Fsp3) is 0.583. The van der Waals surface area contributed by atoms with Crippen molar-refractivity contribution in [2.24, 2.45) is 11.8 Å². The number of aromatic nitrogens is 2. The molecule has 0 bridgehead atoms. The first-order chi connectivity index (χ1) is 13.7. The van der Waals surface area contributed by atoms with Crippen LogP contribution in [0.5, 0.6) is 5.88 Å². The minimum absolute atomic E-state index is 0.222. The molecule has 1 aromatic heterocycles. The van der Waals surface area contributed by atoms with E-state index in [1.165, 1.54) is 44.9 Å². The fourth-order valence-electron chi connectivity index (χ4n) is 4.26. The zero-order valence-electron chi connectivity index (χ0n) is 17.3. The molecule has 0 atom stereocenters. The van der Waals surface area contributed by atoms with E-state index in [1.54, 1.807) is 18.2 Å².